The molecule has 6 atom stereocenters. The highest BCUT2D eigenvalue weighted by Crippen LogP contribution is 2.56. The molecule has 0 saturated heterocycles. The van der Waals surface area contributed by atoms with Crippen molar-refractivity contribution in [2.45, 2.75) is 56.4 Å². The van der Waals surface area contributed by atoms with E-state index < -0.39 is 35.0 Å². The van der Waals surface area contributed by atoms with E-state index in [-0.39, 0.29) is 46.3 Å². The average Bonchev–Trinajstić information content (AvgIpc) is 2.79. The van der Waals surface area contributed by atoms with Crippen LogP contribution >= 0.6 is 11.8 Å². The molecule has 184 valence electrons. The predicted molar refractivity (Wildman–Crippen MR) is 132 cm³/mol. The van der Waals surface area contributed by atoms with Gasteiger partial charge in [0.2, 0.25) is 5.78 Å². The van der Waals surface area contributed by atoms with Crippen molar-refractivity contribution >= 4 is 29.1 Å². The van der Waals surface area contributed by atoms with Crippen molar-refractivity contribution in [2.24, 2.45) is 11.8 Å². The molecule has 0 bridgehead atoms. The molecule has 0 radical (unpaired) electrons. The van der Waals surface area contributed by atoms with Crippen molar-refractivity contribution in [1.82, 2.24) is 4.90 Å². The lowest BCUT2D eigenvalue weighted by Crippen LogP contribution is -2.65. The number of phenols is 1. The Morgan fingerprint density at radius 3 is 2.50 bits per heavy atom. The highest BCUT2D eigenvalue weighted by atomic mass is 32.2. The Morgan fingerprint density at radius 2 is 1.88 bits per heavy atom. The Bertz CT molecular complexity index is 1110. The third kappa shape index (κ3) is 3.41. The number of carbonyl (C=O) groups is 2. The maximum Gasteiger partial charge on any atom is 0.202 e. The van der Waals surface area contributed by atoms with Crippen molar-refractivity contribution in [2.75, 3.05) is 19.8 Å². The summed E-state index contributed by atoms with van der Waals surface area (Å²) in [5.41, 5.74) is -1.39. The maximum absolute atomic E-state index is 13.9. The number of carbonyl (C=O) groups excluding carboxylic acids is 2. The summed E-state index contributed by atoms with van der Waals surface area (Å²) in [6.45, 7) is 5.64. The molecule has 6 unspecified atom stereocenters. The molecule has 1 aromatic rings. The van der Waals surface area contributed by atoms with Crippen LogP contribution in [0.2, 0.25) is 0 Å². The molecule has 0 heterocycles. The predicted octanol–water partition coefficient (Wildman–Crippen LogP) is 3.57. The third-order valence-electron chi connectivity index (χ3n) is 7.89. The van der Waals surface area contributed by atoms with Crippen molar-refractivity contribution in [3.05, 3.63) is 46.2 Å². The van der Waals surface area contributed by atoms with Crippen molar-refractivity contribution in [1.29, 1.82) is 0 Å². The molecule has 1 aromatic carbocycles. The molecule has 1 fully saturated rings. The van der Waals surface area contributed by atoms with Gasteiger partial charge in [-0.15, -0.1) is 0 Å². The molecule has 4 N–H and O–H groups in total. The second kappa shape index (κ2) is 8.73. The molecular formula is C26H33NO6S. The van der Waals surface area contributed by atoms with Crippen LogP contribution in [0, 0.1) is 11.8 Å². The van der Waals surface area contributed by atoms with Crippen LogP contribution in [0.4, 0.5) is 0 Å². The van der Waals surface area contributed by atoms with Crippen molar-refractivity contribution in [3.63, 3.8) is 0 Å². The lowest BCUT2D eigenvalue weighted by molar-refractivity contribution is -0.153. The van der Waals surface area contributed by atoms with Crippen LogP contribution in [-0.4, -0.2) is 73.6 Å². The second-order valence-electron chi connectivity index (χ2n) is 9.95. The van der Waals surface area contributed by atoms with Crippen LogP contribution in [0.25, 0.3) is 5.76 Å². The second-order valence-corrected chi connectivity index (χ2v) is 11.4. The number of hydrogen-bond acceptors (Lipinski definition) is 8. The number of hydrogen-bond donors (Lipinski definition) is 4. The van der Waals surface area contributed by atoms with Gasteiger partial charge in [-0.1, -0.05) is 26.0 Å². The van der Waals surface area contributed by atoms with Crippen LogP contribution in [-0.2, 0) is 9.59 Å². The SMILES string of the molecule is CCC(C)SCC1c2cccc(O)c2C(O)=C2C(=O)C3(O)C(O)=C(C)C(=O)C(N(C)C)C3CC21. The number of phenolic OH excluding ortho intramolecular Hbond substituents is 1. The van der Waals surface area contributed by atoms with Crippen LogP contribution in [0.15, 0.2) is 35.1 Å². The smallest absolute Gasteiger partial charge is 0.202 e. The first-order valence-electron chi connectivity index (χ1n) is 11.7. The van der Waals surface area contributed by atoms with Gasteiger partial charge in [-0.2, -0.15) is 11.8 Å². The van der Waals surface area contributed by atoms with Gasteiger partial charge in [-0.05, 0) is 51.4 Å². The fourth-order valence-electron chi connectivity index (χ4n) is 5.86. The number of aromatic hydroxyl groups is 1. The number of aliphatic hydroxyl groups excluding tert-OH is 2. The van der Waals surface area contributed by atoms with Gasteiger partial charge in [0.1, 0.15) is 17.3 Å². The van der Waals surface area contributed by atoms with Gasteiger partial charge in [-0.3, -0.25) is 14.5 Å². The third-order valence-corrected chi connectivity index (χ3v) is 9.34. The minimum Gasteiger partial charge on any atom is -0.508 e. The summed E-state index contributed by atoms with van der Waals surface area (Å²) in [7, 11) is 3.44. The Kier molecular flexibility index (Phi) is 6.38. The first kappa shape index (κ1) is 24.8. The molecule has 0 amide bonds. The summed E-state index contributed by atoms with van der Waals surface area (Å²) in [4.78, 5) is 28.7. The van der Waals surface area contributed by atoms with E-state index in [0.29, 0.717) is 11.0 Å². The molecule has 0 aliphatic heterocycles. The van der Waals surface area contributed by atoms with Crippen LogP contribution in [0.1, 0.15) is 50.7 Å². The minimum absolute atomic E-state index is 0.0220. The molecule has 0 aromatic heterocycles. The van der Waals surface area contributed by atoms with Gasteiger partial charge in [0.15, 0.2) is 11.4 Å². The Morgan fingerprint density at radius 1 is 1.21 bits per heavy atom. The monoisotopic (exact) mass is 487 g/mol. The molecule has 8 heteroatoms. The number of nitrogens with zero attached hydrogens (tertiary/aromatic N) is 1. The lowest BCUT2D eigenvalue weighted by atomic mass is 9.56. The summed E-state index contributed by atoms with van der Waals surface area (Å²) in [5.74, 6) is -3.16. The van der Waals surface area contributed by atoms with E-state index in [0.717, 1.165) is 12.0 Å². The van der Waals surface area contributed by atoms with E-state index in [2.05, 4.69) is 13.8 Å². The van der Waals surface area contributed by atoms with Crippen LogP contribution in [0.3, 0.4) is 0 Å². The zero-order valence-corrected chi connectivity index (χ0v) is 21.0. The fourth-order valence-corrected chi connectivity index (χ4v) is 7.05. The molecular weight excluding hydrogens is 454 g/mol. The maximum atomic E-state index is 13.9. The van der Waals surface area contributed by atoms with Crippen molar-refractivity contribution in [3.8, 4) is 5.75 Å². The molecule has 0 spiro atoms. The zero-order valence-electron chi connectivity index (χ0n) is 20.2. The van der Waals surface area contributed by atoms with Crippen LogP contribution < -0.4 is 0 Å². The lowest BCUT2D eigenvalue weighted by Gasteiger charge is -2.51. The van der Waals surface area contributed by atoms with Gasteiger partial charge < -0.3 is 20.4 Å². The molecule has 3 aliphatic carbocycles. The number of ketones is 2. The van der Waals surface area contributed by atoms with E-state index in [9.17, 15) is 30.0 Å². The zero-order chi connectivity index (χ0) is 25.1. The van der Waals surface area contributed by atoms with Gasteiger partial charge in [-0.25, -0.2) is 0 Å². The largest absolute Gasteiger partial charge is 0.508 e. The molecule has 34 heavy (non-hydrogen) atoms. The van der Waals surface area contributed by atoms with Gasteiger partial charge in [0.25, 0.3) is 0 Å². The highest BCUT2D eigenvalue weighted by Gasteiger charge is 2.63. The molecule has 1 saturated carbocycles. The highest BCUT2D eigenvalue weighted by molar-refractivity contribution is 7.99. The van der Waals surface area contributed by atoms with Crippen molar-refractivity contribution < 1.29 is 30.0 Å². The van der Waals surface area contributed by atoms with E-state index in [1.165, 1.54) is 13.0 Å². The number of likely N-dealkylation sites (N-methyl/N-ethyl adjacent to an activating group) is 1. The van der Waals surface area contributed by atoms with Gasteiger partial charge in [0, 0.05) is 34.0 Å². The minimum atomic E-state index is -2.32. The molecule has 4 rings (SSSR count). The Hall–Kier alpha value is -2.29. The van der Waals surface area contributed by atoms with Gasteiger partial charge in [0.05, 0.1) is 11.6 Å². The van der Waals surface area contributed by atoms with Crippen LogP contribution in [0.5, 0.6) is 5.75 Å². The molecule has 3 aliphatic rings. The number of benzene rings is 1. The van der Waals surface area contributed by atoms with E-state index >= 15 is 0 Å². The summed E-state index contributed by atoms with van der Waals surface area (Å²) in [5, 5.41) is 44.8. The molecule has 7 nitrogen and oxygen atoms in total. The quantitative estimate of drug-likeness (QED) is 0.498. The topological polar surface area (TPSA) is 118 Å². The van der Waals surface area contributed by atoms with E-state index in [4.69, 9.17) is 0 Å². The standard InChI is InChI=1S/C26H33NO6S/c1-6-12(2)34-11-16-14-8-7-9-18(28)19(14)23(30)20-15(16)10-17-21(27(4)5)22(29)13(3)24(31)26(17,33)25(20)32/h7-9,12,15-17,21,28,30-31,33H,6,10-11H2,1-5H3. The number of fused-ring (bicyclic) bond motifs is 3. The fraction of sp³-hybridized carbons (Fsp3) is 0.538. The summed E-state index contributed by atoms with van der Waals surface area (Å²) < 4.78 is 0. The number of Topliss-reactive ketones (excluding diaryl/α,β-unsaturated/α-hetero) is 2. The van der Waals surface area contributed by atoms with E-state index in [1.54, 1.807) is 36.8 Å². The van der Waals surface area contributed by atoms with Gasteiger partial charge >= 0.3 is 0 Å². The number of rotatable bonds is 5. The Balaban J connectivity index is 1.93. The number of thioether (sulfide) groups is 1. The number of aliphatic hydroxyl groups is 3. The summed E-state index contributed by atoms with van der Waals surface area (Å²) >= 11 is 1.75. The summed E-state index contributed by atoms with van der Waals surface area (Å²) in [6.07, 6.45) is 1.20. The van der Waals surface area contributed by atoms with E-state index in [1.807, 2.05) is 6.07 Å². The summed E-state index contributed by atoms with van der Waals surface area (Å²) in [6, 6.07) is 4.25. The normalized spacial score (nSPS) is 32.0. The first-order chi connectivity index (χ1) is 16.0. The first-order valence-corrected chi connectivity index (χ1v) is 12.8. The Labute approximate surface area is 204 Å². The average molecular weight is 488 g/mol.